The van der Waals surface area contributed by atoms with Gasteiger partial charge in [-0.2, -0.15) is 0 Å². The molecule has 0 aliphatic rings. The van der Waals surface area contributed by atoms with E-state index in [1.54, 1.807) is 78.5 Å². The van der Waals surface area contributed by atoms with Crippen molar-refractivity contribution in [2.75, 3.05) is 17.3 Å². The molecule has 0 aliphatic carbocycles. The number of nitrogen functional groups attached to an aromatic ring is 1. The SMILES string of the molecule is CSc1ccc(C=C(C(=O)NCc2ccc(C(=O)Nc3ccccc3N)cc2)c2ccc(F)cc2)cc1. The lowest BCUT2D eigenvalue weighted by molar-refractivity contribution is -0.115. The van der Waals surface area contributed by atoms with Crippen LogP contribution in [0.1, 0.15) is 27.0 Å². The van der Waals surface area contributed by atoms with Gasteiger partial charge in [0, 0.05) is 22.6 Å². The number of hydrogen-bond donors (Lipinski definition) is 3. The standard InChI is InChI=1S/C30H26FN3O2S/c1-37-25-16-8-20(9-17-25)18-26(22-12-14-24(31)15-13-22)30(36)33-19-21-6-10-23(11-7-21)29(35)34-28-5-3-2-4-27(28)32/h2-18H,19,32H2,1H3,(H,33,36)(H,34,35). The number of nitrogens with two attached hydrogens (primary N) is 1. The number of benzene rings is 4. The molecule has 0 radical (unpaired) electrons. The summed E-state index contributed by atoms with van der Waals surface area (Å²) in [5.41, 5.74) is 10.1. The number of nitrogens with one attached hydrogen (secondary N) is 2. The molecule has 0 unspecified atom stereocenters. The molecule has 37 heavy (non-hydrogen) atoms. The largest absolute Gasteiger partial charge is 0.397 e. The molecular formula is C30H26FN3O2S. The predicted octanol–water partition coefficient (Wildman–Crippen LogP) is 6.24. The first-order valence-corrected chi connectivity index (χ1v) is 12.8. The zero-order chi connectivity index (χ0) is 26.2. The molecule has 4 aromatic rings. The number of anilines is 2. The Kier molecular flexibility index (Phi) is 8.38. The molecule has 0 aliphatic heterocycles. The van der Waals surface area contributed by atoms with Gasteiger partial charge in [0.25, 0.3) is 11.8 Å². The molecule has 0 bridgehead atoms. The predicted molar refractivity (Wildman–Crippen MR) is 150 cm³/mol. The second kappa shape index (κ2) is 12.1. The number of halogens is 1. The van der Waals surface area contributed by atoms with Crippen LogP contribution in [-0.2, 0) is 11.3 Å². The topological polar surface area (TPSA) is 84.2 Å². The van der Waals surface area contributed by atoms with E-state index in [1.165, 1.54) is 12.1 Å². The first-order valence-electron chi connectivity index (χ1n) is 11.6. The third-order valence-corrected chi connectivity index (χ3v) is 6.45. The zero-order valence-electron chi connectivity index (χ0n) is 20.2. The van der Waals surface area contributed by atoms with Crippen LogP contribution in [0.25, 0.3) is 11.6 Å². The summed E-state index contributed by atoms with van der Waals surface area (Å²) in [5, 5.41) is 5.72. The Bertz CT molecular complexity index is 1420. The van der Waals surface area contributed by atoms with Crippen LogP contribution in [-0.4, -0.2) is 18.1 Å². The molecule has 5 nitrogen and oxygen atoms in total. The zero-order valence-corrected chi connectivity index (χ0v) is 21.0. The molecule has 4 aromatic carbocycles. The maximum atomic E-state index is 13.5. The highest BCUT2D eigenvalue weighted by atomic mass is 32.2. The third kappa shape index (κ3) is 6.86. The summed E-state index contributed by atoms with van der Waals surface area (Å²) in [5.74, 6) is -0.934. The van der Waals surface area contributed by atoms with Crippen LogP contribution < -0.4 is 16.4 Å². The first kappa shape index (κ1) is 25.7. The fourth-order valence-electron chi connectivity index (χ4n) is 3.63. The Hall–Kier alpha value is -4.36. The Morgan fingerprint density at radius 1 is 0.865 bits per heavy atom. The highest BCUT2D eigenvalue weighted by Gasteiger charge is 2.13. The van der Waals surface area contributed by atoms with Crippen LogP contribution in [0.5, 0.6) is 0 Å². The summed E-state index contributed by atoms with van der Waals surface area (Å²) in [4.78, 5) is 26.9. The van der Waals surface area contributed by atoms with E-state index in [0.717, 1.165) is 16.0 Å². The second-order valence-electron chi connectivity index (χ2n) is 8.26. The molecule has 0 saturated heterocycles. The molecule has 4 N–H and O–H groups in total. The molecule has 0 saturated carbocycles. The highest BCUT2D eigenvalue weighted by molar-refractivity contribution is 7.98. The van der Waals surface area contributed by atoms with E-state index in [-0.39, 0.29) is 24.2 Å². The van der Waals surface area contributed by atoms with Crippen molar-refractivity contribution < 1.29 is 14.0 Å². The summed E-state index contributed by atoms with van der Waals surface area (Å²) in [6.45, 7) is 0.260. The molecule has 0 atom stereocenters. The van der Waals surface area contributed by atoms with E-state index in [4.69, 9.17) is 5.73 Å². The van der Waals surface area contributed by atoms with Crippen LogP contribution in [0.15, 0.2) is 102 Å². The molecule has 0 fully saturated rings. The first-order chi connectivity index (χ1) is 17.9. The molecule has 0 heterocycles. The molecule has 0 spiro atoms. The van der Waals surface area contributed by atoms with Gasteiger partial charge >= 0.3 is 0 Å². The van der Waals surface area contributed by atoms with Crippen molar-refractivity contribution in [3.63, 3.8) is 0 Å². The third-order valence-electron chi connectivity index (χ3n) is 5.70. The minimum atomic E-state index is -0.369. The maximum absolute atomic E-state index is 13.5. The van der Waals surface area contributed by atoms with Gasteiger partial charge in [-0.15, -0.1) is 11.8 Å². The van der Waals surface area contributed by atoms with Crippen molar-refractivity contribution in [1.29, 1.82) is 0 Å². The maximum Gasteiger partial charge on any atom is 0.255 e. The number of thioether (sulfide) groups is 1. The van der Waals surface area contributed by atoms with Gasteiger partial charge in [0.2, 0.25) is 0 Å². The van der Waals surface area contributed by atoms with E-state index < -0.39 is 0 Å². The number of para-hydroxylation sites is 2. The van der Waals surface area contributed by atoms with Gasteiger partial charge in [0.1, 0.15) is 5.82 Å². The smallest absolute Gasteiger partial charge is 0.255 e. The van der Waals surface area contributed by atoms with Gasteiger partial charge in [0.05, 0.1) is 11.4 Å². The average molecular weight is 512 g/mol. The van der Waals surface area contributed by atoms with Crippen molar-refractivity contribution in [1.82, 2.24) is 5.32 Å². The quantitative estimate of drug-likeness (QED) is 0.113. The van der Waals surface area contributed by atoms with Crippen molar-refractivity contribution in [2.24, 2.45) is 0 Å². The lowest BCUT2D eigenvalue weighted by atomic mass is 10.0. The molecule has 4 rings (SSSR count). The van der Waals surface area contributed by atoms with Crippen LogP contribution in [0.4, 0.5) is 15.8 Å². The fourth-order valence-corrected chi connectivity index (χ4v) is 4.04. The summed E-state index contributed by atoms with van der Waals surface area (Å²) in [6, 6.07) is 27.7. The number of rotatable bonds is 8. The van der Waals surface area contributed by atoms with Crippen LogP contribution in [0, 0.1) is 5.82 Å². The number of carbonyl (C=O) groups is 2. The van der Waals surface area contributed by atoms with Crippen LogP contribution in [0.2, 0.25) is 0 Å². The van der Waals surface area contributed by atoms with E-state index in [2.05, 4.69) is 10.6 Å². The molecule has 186 valence electrons. The Morgan fingerprint density at radius 3 is 2.16 bits per heavy atom. The van der Waals surface area contributed by atoms with E-state index >= 15 is 0 Å². The lowest BCUT2D eigenvalue weighted by Gasteiger charge is -2.11. The summed E-state index contributed by atoms with van der Waals surface area (Å²) in [6.07, 6.45) is 3.79. The van der Waals surface area contributed by atoms with Crippen molar-refractivity contribution in [2.45, 2.75) is 11.4 Å². The number of hydrogen-bond acceptors (Lipinski definition) is 4. The van der Waals surface area contributed by atoms with Gasteiger partial charge in [0.15, 0.2) is 0 Å². The highest BCUT2D eigenvalue weighted by Crippen LogP contribution is 2.22. The second-order valence-corrected chi connectivity index (χ2v) is 9.14. The Balaban J connectivity index is 1.46. The summed E-state index contributed by atoms with van der Waals surface area (Å²) in [7, 11) is 0. The lowest BCUT2D eigenvalue weighted by Crippen LogP contribution is -2.24. The van der Waals surface area contributed by atoms with Crippen LogP contribution in [0.3, 0.4) is 0 Å². The van der Waals surface area contributed by atoms with Crippen molar-refractivity contribution in [3.05, 3.63) is 125 Å². The molecule has 2 amide bonds. The number of amides is 2. The molecule has 0 aromatic heterocycles. The van der Waals surface area contributed by atoms with Crippen molar-refractivity contribution in [3.8, 4) is 0 Å². The summed E-state index contributed by atoms with van der Waals surface area (Å²) < 4.78 is 13.5. The molecular weight excluding hydrogens is 485 g/mol. The minimum absolute atomic E-state index is 0.260. The number of carbonyl (C=O) groups excluding carboxylic acids is 2. The van der Waals surface area contributed by atoms with E-state index in [9.17, 15) is 14.0 Å². The summed E-state index contributed by atoms with van der Waals surface area (Å²) >= 11 is 1.64. The average Bonchev–Trinajstić information content (AvgIpc) is 2.93. The van der Waals surface area contributed by atoms with Crippen molar-refractivity contribution >= 4 is 46.6 Å². The van der Waals surface area contributed by atoms with Gasteiger partial charge in [-0.25, -0.2) is 4.39 Å². The monoisotopic (exact) mass is 511 g/mol. The van der Waals surface area contributed by atoms with Gasteiger partial charge in [-0.05, 0) is 77.6 Å². The van der Waals surface area contributed by atoms with Gasteiger partial charge in [-0.3, -0.25) is 9.59 Å². The van der Waals surface area contributed by atoms with Gasteiger partial charge < -0.3 is 16.4 Å². The van der Waals surface area contributed by atoms with E-state index in [0.29, 0.717) is 28.1 Å². The van der Waals surface area contributed by atoms with Crippen LogP contribution >= 0.6 is 11.8 Å². The van der Waals surface area contributed by atoms with E-state index in [1.807, 2.05) is 30.5 Å². The minimum Gasteiger partial charge on any atom is -0.397 e. The normalized spacial score (nSPS) is 11.1. The Morgan fingerprint density at radius 2 is 1.51 bits per heavy atom. The fraction of sp³-hybridized carbons (Fsp3) is 0.0667. The molecule has 7 heteroatoms. The van der Waals surface area contributed by atoms with Gasteiger partial charge in [-0.1, -0.05) is 48.5 Å². The Labute approximate surface area is 219 Å².